The van der Waals surface area contributed by atoms with E-state index in [2.05, 4.69) is 10.1 Å². The van der Waals surface area contributed by atoms with Crippen LogP contribution in [0.4, 0.5) is 0 Å². The number of aromatic nitrogens is 3. The van der Waals surface area contributed by atoms with Gasteiger partial charge in [0, 0.05) is 11.6 Å². The number of hydrogen-bond donors (Lipinski definition) is 1. The predicted octanol–water partition coefficient (Wildman–Crippen LogP) is 1.69. The van der Waals surface area contributed by atoms with E-state index >= 15 is 0 Å². The summed E-state index contributed by atoms with van der Waals surface area (Å²) in [5, 5.41) is 13.2. The monoisotopic (exact) mass is 201 g/mol. The van der Waals surface area contributed by atoms with Crippen LogP contribution in [0.3, 0.4) is 0 Å². The predicted molar refractivity (Wildman–Crippen MR) is 52.4 cm³/mol. The van der Waals surface area contributed by atoms with Crippen LogP contribution in [0, 0.1) is 0 Å². The van der Waals surface area contributed by atoms with Crippen molar-refractivity contribution in [2.24, 2.45) is 0 Å². The zero-order valence-corrected chi connectivity index (χ0v) is 7.66. The zero-order chi connectivity index (χ0) is 10.3. The molecule has 3 aromatic heterocycles. The molecular weight excluding hydrogens is 194 g/mol. The number of fused-ring (bicyclic) bond motifs is 1. The van der Waals surface area contributed by atoms with Crippen molar-refractivity contribution in [2.45, 2.75) is 0 Å². The third kappa shape index (κ3) is 1.17. The fraction of sp³-hybridized carbons (Fsp3) is 0. The smallest absolute Gasteiger partial charge is 0.229 e. The van der Waals surface area contributed by atoms with Gasteiger partial charge in [0.25, 0.3) is 0 Å². The first-order valence-corrected chi connectivity index (χ1v) is 4.41. The summed E-state index contributed by atoms with van der Waals surface area (Å²) in [4.78, 5) is 4.16. The van der Waals surface area contributed by atoms with Gasteiger partial charge in [-0.3, -0.25) is 0 Å². The molecule has 0 fully saturated rings. The van der Waals surface area contributed by atoms with Gasteiger partial charge in [-0.2, -0.15) is 0 Å². The Morgan fingerprint density at radius 3 is 3.00 bits per heavy atom. The van der Waals surface area contributed by atoms with Crippen molar-refractivity contribution in [3.05, 3.63) is 36.9 Å². The minimum atomic E-state index is -0.0368. The molecule has 74 valence electrons. The lowest BCUT2D eigenvalue weighted by atomic mass is 10.3. The standard InChI is InChI=1S/C10H7N3O2/c14-10-2-1-9-11-5-8(13(9)12-10)7-3-4-15-6-7/h1-6H,(H,12,14). The fourth-order valence-corrected chi connectivity index (χ4v) is 1.47. The van der Waals surface area contributed by atoms with E-state index in [1.165, 1.54) is 6.07 Å². The minimum Gasteiger partial charge on any atom is -0.492 e. The summed E-state index contributed by atoms with van der Waals surface area (Å²) in [5.41, 5.74) is 2.35. The summed E-state index contributed by atoms with van der Waals surface area (Å²) < 4.78 is 6.56. The van der Waals surface area contributed by atoms with Gasteiger partial charge in [-0.1, -0.05) is 0 Å². The van der Waals surface area contributed by atoms with E-state index in [-0.39, 0.29) is 5.88 Å². The number of imidazole rings is 1. The molecule has 0 aromatic carbocycles. The van der Waals surface area contributed by atoms with Crippen molar-refractivity contribution < 1.29 is 9.52 Å². The Kier molecular flexibility index (Phi) is 1.53. The second kappa shape index (κ2) is 2.84. The molecule has 3 rings (SSSR count). The molecule has 1 N–H and O–H groups in total. The SMILES string of the molecule is Oc1ccc2ncc(-c3ccoc3)n2n1. The maximum Gasteiger partial charge on any atom is 0.229 e. The molecule has 0 spiro atoms. The quantitative estimate of drug-likeness (QED) is 0.650. The highest BCUT2D eigenvalue weighted by Crippen LogP contribution is 2.20. The molecule has 0 saturated heterocycles. The van der Waals surface area contributed by atoms with Crippen LogP contribution in [0.15, 0.2) is 41.3 Å². The van der Waals surface area contributed by atoms with Gasteiger partial charge in [0.15, 0.2) is 5.65 Å². The van der Waals surface area contributed by atoms with Gasteiger partial charge in [-0.25, -0.2) is 9.50 Å². The van der Waals surface area contributed by atoms with Crippen molar-refractivity contribution in [3.8, 4) is 17.1 Å². The van der Waals surface area contributed by atoms with E-state index in [0.29, 0.717) is 5.65 Å². The van der Waals surface area contributed by atoms with Crippen molar-refractivity contribution in [1.82, 2.24) is 14.6 Å². The molecule has 0 saturated carbocycles. The first kappa shape index (κ1) is 8.05. The lowest BCUT2D eigenvalue weighted by Gasteiger charge is -1.97. The Morgan fingerprint density at radius 1 is 1.27 bits per heavy atom. The normalized spacial score (nSPS) is 10.9. The van der Waals surface area contributed by atoms with Crippen molar-refractivity contribution in [2.75, 3.05) is 0 Å². The lowest BCUT2D eigenvalue weighted by molar-refractivity contribution is 0.442. The van der Waals surface area contributed by atoms with E-state index in [4.69, 9.17) is 4.42 Å². The van der Waals surface area contributed by atoms with Crippen LogP contribution < -0.4 is 0 Å². The van der Waals surface area contributed by atoms with Gasteiger partial charge in [-0.15, -0.1) is 5.10 Å². The summed E-state index contributed by atoms with van der Waals surface area (Å²) in [6.07, 6.45) is 4.87. The average Bonchev–Trinajstić information content (AvgIpc) is 2.83. The minimum absolute atomic E-state index is 0.0368. The highest BCUT2D eigenvalue weighted by Gasteiger charge is 2.08. The van der Waals surface area contributed by atoms with Crippen LogP contribution in [-0.4, -0.2) is 19.7 Å². The molecule has 0 radical (unpaired) electrons. The van der Waals surface area contributed by atoms with E-state index in [1.54, 1.807) is 29.3 Å². The highest BCUT2D eigenvalue weighted by atomic mass is 16.3. The van der Waals surface area contributed by atoms with Crippen LogP contribution in [-0.2, 0) is 0 Å². The van der Waals surface area contributed by atoms with Crippen LogP contribution in [0.25, 0.3) is 16.9 Å². The van der Waals surface area contributed by atoms with E-state index in [1.807, 2.05) is 6.07 Å². The first-order chi connectivity index (χ1) is 7.34. The van der Waals surface area contributed by atoms with Crippen LogP contribution in [0.1, 0.15) is 0 Å². The maximum absolute atomic E-state index is 9.29. The lowest BCUT2D eigenvalue weighted by Crippen LogP contribution is -1.92. The van der Waals surface area contributed by atoms with Crippen molar-refractivity contribution in [3.63, 3.8) is 0 Å². The molecule has 5 nitrogen and oxygen atoms in total. The molecule has 3 aromatic rings. The second-order valence-electron chi connectivity index (χ2n) is 3.12. The van der Waals surface area contributed by atoms with E-state index in [9.17, 15) is 5.11 Å². The molecule has 0 aliphatic carbocycles. The summed E-state index contributed by atoms with van der Waals surface area (Å²) >= 11 is 0. The molecule has 0 aliphatic rings. The van der Waals surface area contributed by atoms with Gasteiger partial charge in [-0.05, 0) is 12.1 Å². The summed E-state index contributed by atoms with van der Waals surface area (Å²) in [5.74, 6) is -0.0368. The third-order valence-corrected chi connectivity index (χ3v) is 2.17. The topological polar surface area (TPSA) is 63.6 Å². The van der Waals surface area contributed by atoms with Gasteiger partial charge in [0.05, 0.1) is 24.4 Å². The molecule has 3 heterocycles. The van der Waals surface area contributed by atoms with Crippen LogP contribution in [0.5, 0.6) is 5.88 Å². The number of hydrogen-bond acceptors (Lipinski definition) is 4. The second-order valence-corrected chi connectivity index (χ2v) is 3.12. The fourth-order valence-electron chi connectivity index (χ4n) is 1.47. The van der Waals surface area contributed by atoms with Gasteiger partial charge in [0.1, 0.15) is 0 Å². The van der Waals surface area contributed by atoms with E-state index < -0.39 is 0 Å². The molecule has 5 heteroatoms. The summed E-state index contributed by atoms with van der Waals surface area (Å²) in [7, 11) is 0. The maximum atomic E-state index is 9.29. The average molecular weight is 201 g/mol. The van der Waals surface area contributed by atoms with Gasteiger partial charge < -0.3 is 9.52 Å². The molecule has 0 unspecified atom stereocenters. The van der Waals surface area contributed by atoms with Gasteiger partial charge >= 0.3 is 0 Å². The molecule has 0 bridgehead atoms. The molecular formula is C10H7N3O2. The third-order valence-electron chi connectivity index (χ3n) is 2.17. The Balaban J connectivity index is 2.32. The number of nitrogens with zero attached hydrogens (tertiary/aromatic N) is 3. The molecule has 15 heavy (non-hydrogen) atoms. The zero-order valence-electron chi connectivity index (χ0n) is 7.66. The number of aromatic hydroxyl groups is 1. The number of rotatable bonds is 1. The Morgan fingerprint density at radius 2 is 2.20 bits per heavy atom. The van der Waals surface area contributed by atoms with Crippen molar-refractivity contribution in [1.29, 1.82) is 0 Å². The molecule has 0 amide bonds. The Labute approximate surface area is 84.6 Å². The largest absolute Gasteiger partial charge is 0.492 e. The molecule has 0 atom stereocenters. The van der Waals surface area contributed by atoms with E-state index in [0.717, 1.165) is 11.3 Å². The van der Waals surface area contributed by atoms with Gasteiger partial charge in [0.2, 0.25) is 5.88 Å². The van der Waals surface area contributed by atoms with Crippen LogP contribution >= 0.6 is 0 Å². The van der Waals surface area contributed by atoms with Crippen molar-refractivity contribution >= 4 is 5.65 Å². The molecule has 0 aliphatic heterocycles. The highest BCUT2D eigenvalue weighted by molar-refractivity contribution is 5.61. The first-order valence-electron chi connectivity index (χ1n) is 4.41. The summed E-state index contributed by atoms with van der Waals surface area (Å²) in [6.45, 7) is 0. The Bertz CT molecular complexity index is 598. The summed E-state index contributed by atoms with van der Waals surface area (Å²) in [6, 6.07) is 5.02. The van der Waals surface area contributed by atoms with Crippen LogP contribution in [0.2, 0.25) is 0 Å². The Hall–Kier alpha value is -2.30. The number of furan rings is 1.